The second-order valence-corrected chi connectivity index (χ2v) is 9.40. The number of hydrogen-bond donors (Lipinski definition) is 3. The standard InChI is InChI=1S/C14H29O5P/c1-11(8-14(2,3)4)10-20(18,19)7-5-6-12(16)13(17)9-15/h11,13,15,17H,5-10H2,1-4H3,(H,18,19). The van der Waals surface area contributed by atoms with Crippen LogP contribution in [-0.2, 0) is 9.36 Å². The summed E-state index contributed by atoms with van der Waals surface area (Å²) in [5.74, 6) is -0.320. The summed E-state index contributed by atoms with van der Waals surface area (Å²) in [5.41, 5.74) is 0.126. The highest BCUT2D eigenvalue weighted by atomic mass is 31.2. The minimum atomic E-state index is -3.23. The molecule has 0 spiro atoms. The van der Waals surface area contributed by atoms with E-state index in [2.05, 4.69) is 20.8 Å². The molecule has 20 heavy (non-hydrogen) atoms. The molecule has 0 aromatic carbocycles. The van der Waals surface area contributed by atoms with Gasteiger partial charge >= 0.3 is 0 Å². The number of hydrogen-bond acceptors (Lipinski definition) is 4. The molecule has 0 aromatic heterocycles. The van der Waals surface area contributed by atoms with Crippen LogP contribution in [0.25, 0.3) is 0 Å². The van der Waals surface area contributed by atoms with Crippen molar-refractivity contribution in [1.82, 2.24) is 0 Å². The first kappa shape index (κ1) is 19.8. The van der Waals surface area contributed by atoms with Crippen LogP contribution in [0.5, 0.6) is 0 Å². The minimum Gasteiger partial charge on any atom is -0.393 e. The molecule has 0 aliphatic rings. The molecule has 0 heterocycles. The molecule has 0 fully saturated rings. The third-order valence-corrected chi connectivity index (χ3v) is 5.24. The van der Waals surface area contributed by atoms with Crippen LogP contribution >= 0.6 is 7.37 Å². The molecule has 120 valence electrons. The third-order valence-electron chi connectivity index (χ3n) is 3.03. The fourth-order valence-corrected chi connectivity index (χ4v) is 4.39. The van der Waals surface area contributed by atoms with Crippen molar-refractivity contribution in [2.45, 2.75) is 53.1 Å². The van der Waals surface area contributed by atoms with Crippen molar-refractivity contribution < 1.29 is 24.5 Å². The van der Waals surface area contributed by atoms with Gasteiger partial charge in [-0.15, -0.1) is 0 Å². The first-order valence-corrected chi connectivity index (χ1v) is 9.12. The lowest BCUT2D eigenvalue weighted by Gasteiger charge is -2.24. The maximum absolute atomic E-state index is 12.1. The number of rotatable bonds is 9. The third kappa shape index (κ3) is 9.65. The average Bonchev–Trinajstić information content (AvgIpc) is 2.23. The molecule has 0 saturated heterocycles. The SMILES string of the molecule is CC(CC(C)(C)C)CP(=O)(O)CCCC(=O)C(O)CO. The predicted octanol–water partition coefficient (Wildman–Crippen LogP) is 2.03. The minimum absolute atomic E-state index is 0.0277. The summed E-state index contributed by atoms with van der Waals surface area (Å²) in [6.07, 6.45) is 0.158. The van der Waals surface area contributed by atoms with Crippen LogP contribution in [0.15, 0.2) is 0 Å². The Balaban J connectivity index is 4.14. The lowest BCUT2D eigenvalue weighted by Crippen LogP contribution is -2.24. The Morgan fingerprint density at radius 3 is 2.30 bits per heavy atom. The molecule has 0 bridgehead atoms. The largest absolute Gasteiger partial charge is 0.393 e. The van der Waals surface area contributed by atoms with Crippen LogP contribution in [0.2, 0.25) is 0 Å². The van der Waals surface area contributed by atoms with E-state index in [0.717, 1.165) is 6.42 Å². The first-order valence-electron chi connectivity index (χ1n) is 7.09. The average molecular weight is 308 g/mol. The molecule has 3 atom stereocenters. The van der Waals surface area contributed by atoms with E-state index in [-0.39, 0.29) is 36.5 Å². The maximum atomic E-state index is 12.1. The van der Waals surface area contributed by atoms with Crippen LogP contribution in [-0.4, -0.2) is 45.9 Å². The highest BCUT2D eigenvalue weighted by molar-refractivity contribution is 7.57. The van der Waals surface area contributed by atoms with Gasteiger partial charge in [0.1, 0.15) is 6.10 Å². The van der Waals surface area contributed by atoms with Crippen molar-refractivity contribution in [3.63, 3.8) is 0 Å². The second-order valence-electron chi connectivity index (χ2n) is 6.89. The zero-order valence-electron chi connectivity index (χ0n) is 13.0. The van der Waals surface area contributed by atoms with Gasteiger partial charge in [0, 0.05) is 18.7 Å². The van der Waals surface area contributed by atoms with Crippen LogP contribution in [0, 0.1) is 11.3 Å². The summed E-state index contributed by atoms with van der Waals surface area (Å²) >= 11 is 0. The van der Waals surface area contributed by atoms with Crippen molar-refractivity contribution in [3.05, 3.63) is 0 Å². The van der Waals surface area contributed by atoms with Gasteiger partial charge in [-0.25, -0.2) is 0 Å². The van der Waals surface area contributed by atoms with Gasteiger partial charge in [-0.1, -0.05) is 27.7 Å². The van der Waals surface area contributed by atoms with E-state index in [9.17, 15) is 14.3 Å². The molecule has 3 unspecified atom stereocenters. The Morgan fingerprint density at radius 2 is 1.85 bits per heavy atom. The number of aliphatic hydroxyl groups excluding tert-OH is 2. The Labute approximate surface area is 121 Å². The quantitative estimate of drug-likeness (QED) is 0.567. The zero-order chi connectivity index (χ0) is 16.0. The Bertz CT molecular complexity index is 348. The molecule has 0 aromatic rings. The van der Waals surface area contributed by atoms with Gasteiger partial charge in [-0.2, -0.15) is 0 Å². The molecule has 0 rings (SSSR count). The zero-order valence-corrected chi connectivity index (χ0v) is 13.9. The highest BCUT2D eigenvalue weighted by Gasteiger charge is 2.25. The molecule has 0 aliphatic carbocycles. The maximum Gasteiger partial charge on any atom is 0.200 e. The summed E-state index contributed by atoms with van der Waals surface area (Å²) in [5, 5.41) is 17.7. The summed E-state index contributed by atoms with van der Waals surface area (Å²) in [6.45, 7) is 7.66. The van der Waals surface area contributed by atoms with Crippen molar-refractivity contribution >= 4 is 13.2 Å². The Morgan fingerprint density at radius 1 is 1.30 bits per heavy atom. The van der Waals surface area contributed by atoms with Crippen LogP contribution in [0.1, 0.15) is 47.0 Å². The van der Waals surface area contributed by atoms with E-state index < -0.39 is 25.9 Å². The highest BCUT2D eigenvalue weighted by Crippen LogP contribution is 2.45. The lowest BCUT2D eigenvalue weighted by atomic mass is 9.86. The molecule has 3 N–H and O–H groups in total. The summed E-state index contributed by atoms with van der Waals surface area (Å²) < 4.78 is 12.1. The number of carbonyl (C=O) groups is 1. The fraction of sp³-hybridized carbons (Fsp3) is 0.929. The van der Waals surface area contributed by atoms with Crippen molar-refractivity contribution in [3.8, 4) is 0 Å². The fourth-order valence-electron chi connectivity index (χ4n) is 2.46. The van der Waals surface area contributed by atoms with E-state index in [1.54, 1.807) is 0 Å². The first-order chi connectivity index (χ1) is 8.97. The van der Waals surface area contributed by atoms with Gasteiger partial charge in [0.25, 0.3) is 0 Å². The van der Waals surface area contributed by atoms with E-state index >= 15 is 0 Å². The molecule has 5 nitrogen and oxygen atoms in total. The van der Waals surface area contributed by atoms with Gasteiger partial charge in [0.05, 0.1) is 6.61 Å². The normalized spacial score (nSPS) is 18.4. The molecule has 0 aliphatic heterocycles. The molecule has 0 amide bonds. The van der Waals surface area contributed by atoms with E-state index in [0.29, 0.717) is 0 Å². The number of Topliss-reactive ketones (excluding diaryl/α,β-unsaturated/α-hetero) is 1. The van der Waals surface area contributed by atoms with Crippen LogP contribution < -0.4 is 0 Å². The van der Waals surface area contributed by atoms with E-state index in [4.69, 9.17) is 10.2 Å². The molecule has 0 radical (unpaired) electrons. The van der Waals surface area contributed by atoms with Gasteiger partial charge in [-0.3, -0.25) is 9.36 Å². The summed E-state index contributed by atoms with van der Waals surface area (Å²) in [6, 6.07) is 0. The molecular formula is C14H29O5P. The van der Waals surface area contributed by atoms with E-state index in [1.807, 2.05) is 6.92 Å². The summed E-state index contributed by atoms with van der Waals surface area (Å²) in [4.78, 5) is 21.2. The monoisotopic (exact) mass is 308 g/mol. The molecule has 6 heteroatoms. The smallest absolute Gasteiger partial charge is 0.200 e. The molecular weight excluding hydrogens is 279 g/mol. The van der Waals surface area contributed by atoms with Gasteiger partial charge in [0.15, 0.2) is 5.78 Å². The summed E-state index contributed by atoms with van der Waals surface area (Å²) in [7, 11) is -3.23. The second kappa shape index (κ2) is 8.28. The topological polar surface area (TPSA) is 94.8 Å². The van der Waals surface area contributed by atoms with Gasteiger partial charge < -0.3 is 15.1 Å². The Kier molecular flexibility index (Phi) is 8.19. The van der Waals surface area contributed by atoms with Crippen molar-refractivity contribution in [2.75, 3.05) is 18.9 Å². The Hall–Kier alpha value is -0.220. The van der Waals surface area contributed by atoms with E-state index in [1.165, 1.54) is 0 Å². The predicted molar refractivity (Wildman–Crippen MR) is 80.1 cm³/mol. The number of ketones is 1. The molecule has 0 saturated carbocycles. The van der Waals surface area contributed by atoms with Crippen LogP contribution in [0.3, 0.4) is 0 Å². The van der Waals surface area contributed by atoms with Crippen molar-refractivity contribution in [1.29, 1.82) is 0 Å². The van der Waals surface area contributed by atoms with Gasteiger partial charge in [-0.05, 0) is 24.2 Å². The van der Waals surface area contributed by atoms with Crippen molar-refractivity contribution in [2.24, 2.45) is 11.3 Å². The number of carbonyl (C=O) groups excluding carboxylic acids is 1. The number of aliphatic hydroxyl groups is 2. The van der Waals surface area contributed by atoms with Gasteiger partial charge in [0.2, 0.25) is 7.37 Å². The lowest BCUT2D eigenvalue weighted by molar-refractivity contribution is -0.128. The van der Waals surface area contributed by atoms with Crippen LogP contribution in [0.4, 0.5) is 0 Å².